The summed E-state index contributed by atoms with van der Waals surface area (Å²) in [6.45, 7) is 0.969. The molecule has 2 aliphatic rings. The Hall–Kier alpha value is -2.16. The van der Waals surface area contributed by atoms with Crippen molar-refractivity contribution < 1.29 is 33.1 Å². The Labute approximate surface area is 206 Å². The molecule has 0 saturated carbocycles. The van der Waals surface area contributed by atoms with Crippen LogP contribution in [0.15, 0.2) is 40.0 Å². The summed E-state index contributed by atoms with van der Waals surface area (Å²) in [7, 11) is -4.25. The first-order chi connectivity index (χ1) is 16.6. The van der Waals surface area contributed by atoms with Gasteiger partial charge in [-0.05, 0) is 35.0 Å². The van der Waals surface area contributed by atoms with Gasteiger partial charge in [0.25, 0.3) is 5.56 Å². The summed E-state index contributed by atoms with van der Waals surface area (Å²) < 4.78 is 38.8. The molecule has 0 unspecified atom stereocenters. The highest BCUT2D eigenvalue weighted by Gasteiger charge is 2.59. The number of ether oxygens (including phenoxy) is 1. The molecule has 5 N–H and O–H groups in total. The van der Waals surface area contributed by atoms with Crippen molar-refractivity contribution in [1.29, 1.82) is 0 Å². The Bertz CT molecular complexity index is 1370. The van der Waals surface area contributed by atoms with Crippen LogP contribution in [-0.2, 0) is 22.9 Å². The van der Waals surface area contributed by atoms with Crippen LogP contribution in [0.25, 0.3) is 11.0 Å². The second-order valence-electron chi connectivity index (χ2n) is 8.44. The first kappa shape index (κ1) is 24.5. The van der Waals surface area contributed by atoms with Gasteiger partial charge in [0.1, 0.15) is 12.2 Å². The molecular weight excluding hydrogens is 549 g/mol. The summed E-state index contributed by atoms with van der Waals surface area (Å²) in [6, 6.07) is 3.28. The number of H-pyrrole nitrogens is 1. The monoisotopic (exact) mass is 571 g/mol. The van der Waals surface area contributed by atoms with Crippen molar-refractivity contribution in [3.63, 3.8) is 0 Å². The van der Waals surface area contributed by atoms with Gasteiger partial charge in [-0.3, -0.25) is 28.3 Å². The molecule has 0 aromatic carbocycles. The Kier molecular flexibility index (Phi) is 6.34. The van der Waals surface area contributed by atoms with Crippen molar-refractivity contribution in [3.8, 4) is 0 Å². The zero-order valence-corrected chi connectivity index (χ0v) is 20.9. The molecule has 0 radical (unpaired) electrons. The highest BCUT2D eigenvalue weighted by Crippen LogP contribution is 2.62. The molecule has 188 valence electrons. The first-order valence-corrected chi connectivity index (χ1v) is 12.9. The average molecular weight is 572 g/mol. The number of aromatic nitrogens is 4. The number of nitrogens with one attached hydrogen (secondary N) is 1. The van der Waals surface area contributed by atoms with Gasteiger partial charge >= 0.3 is 7.82 Å². The number of rotatable bonds is 5. The van der Waals surface area contributed by atoms with Crippen LogP contribution in [-0.4, -0.2) is 60.8 Å². The highest BCUT2D eigenvalue weighted by molar-refractivity contribution is 9.10. The minimum atomic E-state index is -4.25. The van der Waals surface area contributed by atoms with E-state index in [1.807, 2.05) is 0 Å². The number of aliphatic hydroxyl groups is 2. The van der Waals surface area contributed by atoms with E-state index in [0.29, 0.717) is 12.0 Å². The first-order valence-electron chi connectivity index (χ1n) is 10.7. The maximum atomic E-state index is 13.7. The molecule has 2 aliphatic heterocycles. The largest absolute Gasteiger partial charge is 0.476 e. The molecular formula is C20H23BrN5O8P. The van der Waals surface area contributed by atoms with E-state index < -0.39 is 50.1 Å². The smallest absolute Gasteiger partial charge is 0.394 e. The lowest BCUT2D eigenvalue weighted by Gasteiger charge is -2.38. The van der Waals surface area contributed by atoms with E-state index in [2.05, 4.69) is 30.9 Å². The summed E-state index contributed by atoms with van der Waals surface area (Å²) in [4.78, 5) is 23.0. The second kappa shape index (κ2) is 9.05. The number of halogens is 1. The summed E-state index contributed by atoms with van der Waals surface area (Å²) >= 11 is 3.35. The molecule has 5 heterocycles. The number of aromatic amines is 1. The molecule has 0 bridgehead atoms. The molecule has 5 rings (SSSR count). The number of anilines is 1. The van der Waals surface area contributed by atoms with Crippen LogP contribution in [0.1, 0.15) is 31.2 Å². The number of hydrogen-bond acceptors (Lipinski definition) is 11. The van der Waals surface area contributed by atoms with Crippen LogP contribution in [0.5, 0.6) is 0 Å². The van der Waals surface area contributed by atoms with E-state index in [1.165, 1.54) is 23.8 Å². The van der Waals surface area contributed by atoms with Crippen molar-refractivity contribution in [2.24, 2.45) is 0 Å². The Morgan fingerprint density at radius 3 is 3.00 bits per heavy atom. The molecule has 3 aromatic rings. The number of fused-ring (bicyclic) bond motifs is 1. The SMILES string of the molecule is C[C@@]1(O[P@@]2(=O)OCC[C@@H](c3cncc(Br)c3)O2)[C@H](O)[C@@H](CO)O[C@H]1n1ccc2c(=O)[nH]c(N)nc21. The van der Waals surface area contributed by atoms with E-state index in [0.717, 1.165) is 4.47 Å². The molecule has 0 aliphatic carbocycles. The average Bonchev–Trinajstić information content (AvgIpc) is 3.32. The second-order valence-corrected chi connectivity index (χ2v) is 10.9. The zero-order valence-electron chi connectivity index (χ0n) is 18.4. The number of aliphatic hydroxyl groups excluding tert-OH is 2. The van der Waals surface area contributed by atoms with Crippen LogP contribution in [0, 0.1) is 0 Å². The third-order valence-electron chi connectivity index (χ3n) is 6.06. The Morgan fingerprint density at radius 2 is 2.26 bits per heavy atom. The molecule has 13 nitrogen and oxygen atoms in total. The van der Waals surface area contributed by atoms with Crippen LogP contribution >= 0.6 is 23.8 Å². The van der Waals surface area contributed by atoms with E-state index >= 15 is 0 Å². The van der Waals surface area contributed by atoms with Gasteiger partial charge in [0.15, 0.2) is 17.5 Å². The molecule has 6 atom stereocenters. The standard InChI is InChI=1S/C20H23BrN5O8P/c1-20(34-35(30)31-5-3-13(33-35)10-6-11(21)8-23-7-10)15(28)14(9-27)32-18(20)26-4-2-12-16(26)24-19(22)25-17(12)29/h2,4,6-8,13-15,18,27-28H,3,5,9H2,1H3,(H3,22,24,25,29)/t13-,14+,15+,18+,20+,35-/m0/s1. The summed E-state index contributed by atoms with van der Waals surface area (Å²) in [5.41, 5.74) is 4.32. The van der Waals surface area contributed by atoms with Gasteiger partial charge in [-0.15, -0.1) is 0 Å². The van der Waals surface area contributed by atoms with Gasteiger partial charge in [0.05, 0.1) is 24.7 Å². The van der Waals surface area contributed by atoms with Crippen molar-refractivity contribution in [1.82, 2.24) is 19.5 Å². The van der Waals surface area contributed by atoms with Crippen molar-refractivity contribution in [3.05, 3.63) is 51.1 Å². The highest BCUT2D eigenvalue weighted by atomic mass is 79.9. The Balaban J connectivity index is 1.51. The van der Waals surface area contributed by atoms with Gasteiger partial charge in [-0.1, -0.05) is 0 Å². The van der Waals surface area contributed by atoms with Crippen LogP contribution in [0.4, 0.5) is 5.95 Å². The molecule has 3 aromatic heterocycles. The fourth-order valence-corrected chi connectivity index (χ4v) is 6.44. The Morgan fingerprint density at radius 1 is 1.46 bits per heavy atom. The third-order valence-corrected chi connectivity index (χ3v) is 8.12. The van der Waals surface area contributed by atoms with E-state index in [-0.39, 0.29) is 23.6 Å². The quantitative estimate of drug-likeness (QED) is 0.327. The van der Waals surface area contributed by atoms with Crippen molar-refractivity contribution >= 4 is 40.7 Å². The topological polar surface area (TPSA) is 184 Å². The van der Waals surface area contributed by atoms with Crippen molar-refractivity contribution in [2.75, 3.05) is 18.9 Å². The van der Waals surface area contributed by atoms with Crippen LogP contribution < -0.4 is 11.3 Å². The van der Waals surface area contributed by atoms with Gasteiger partial charge in [-0.2, -0.15) is 4.98 Å². The summed E-state index contributed by atoms with van der Waals surface area (Å²) in [5, 5.41) is 21.0. The molecule has 0 spiro atoms. The lowest BCUT2D eigenvalue weighted by molar-refractivity contribution is -0.106. The number of hydrogen-bond donors (Lipinski definition) is 4. The summed E-state index contributed by atoms with van der Waals surface area (Å²) in [6.07, 6.45) is 0.749. The number of pyridine rings is 1. The van der Waals surface area contributed by atoms with Gasteiger partial charge in [-0.25, -0.2) is 4.57 Å². The minimum Gasteiger partial charge on any atom is -0.394 e. The molecule has 35 heavy (non-hydrogen) atoms. The summed E-state index contributed by atoms with van der Waals surface area (Å²) in [5.74, 6) is -0.125. The van der Waals surface area contributed by atoms with Crippen LogP contribution in [0.3, 0.4) is 0 Å². The maximum absolute atomic E-state index is 13.7. The number of nitrogen functional groups attached to an aromatic ring is 1. The minimum absolute atomic E-state index is 0.0650. The number of nitrogens with two attached hydrogens (primary N) is 1. The zero-order chi connectivity index (χ0) is 25.0. The number of phosphoric ester groups is 1. The van der Waals surface area contributed by atoms with Gasteiger partial charge in [0, 0.05) is 35.0 Å². The predicted molar refractivity (Wildman–Crippen MR) is 125 cm³/mol. The van der Waals surface area contributed by atoms with Crippen molar-refractivity contribution in [2.45, 2.75) is 43.5 Å². The third kappa shape index (κ3) is 4.34. The van der Waals surface area contributed by atoms with Gasteiger partial charge < -0.3 is 25.3 Å². The van der Waals surface area contributed by atoms with Gasteiger partial charge in [0.2, 0.25) is 5.95 Å². The van der Waals surface area contributed by atoms with E-state index in [9.17, 15) is 19.6 Å². The maximum Gasteiger partial charge on any atom is 0.476 e. The van der Waals surface area contributed by atoms with Crippen LogP contribution in [0.2, 0.25) is 0 Å². The predicted octanol–water partition coefficient (Wildman–Crippen LogP) is 1.78. The molecule has 2 saturated heterocycles. The van der Waals surface area contributed by atoms with E-state index in [1.54, 1.807) is 18.5 Å². The molecule has 0 amide bonds. The fraction of sp³-hybridized carbons (Fsp3) is 0.450. The van der Waals surface area contributed by atoms with E-state index in [4.69, 9.17) is 24.0 Å². The lowest BCUT2D eigenvalue weighted by atomic mass is 9.96. The molecule has 15 heteroatoms. The lowest BCUT2D eigenvalue weighted by Crippen LogP contribution is -2.46. The molecule has 2 fully saturated rings. The normalized spacial score (nSPS) is 33.4. The number of nitrogens with zero attached hydrogens (tertiary/aromatic N) is 3. The fourth-order valence-electron chi connectivity index (χ4n) is 4.35. The number of phosphoric acid groups is 1.